The van der Waals surface area contributed by atoms with Crippen molar-refractivity contribution in [1.82, 2.24) is 25.0 Å². The summed E-state index contributed by atoms with van der Waals surface area (Å²) in [5, 5.41) is 6.72. The van der Waals surface area contributed by atoms with Gasteiger partial charge in [-0.25, -0.2) is 4.98 Å². The zero-order chi connectivity index (χ0) is 18.6. The van der Waals surface area contributed by atoms with Gasteiger partial charge in [-0.2, -0.15) is 0 Å². The van der Waals surface area contributed by atoms with E-state index < -0.39 is 0 Å². The van der Waals surface area contributed by atoms with E-state index in [0.717, 1.165) is 65.4 Å². The molecule has 2 saturated heterocycles. The number of thiazole rings is 1. The number of carbonyl (C=O) groups excluding carboxylic acids is 1. The molecule has 0 unspecified atom stereocenters. The number of rotatable bonds is 5. The molecule has 146 valence electrons. The quantitative estimate of drug-likeness (QED) is 0.838. The first kappa shape index (κ1) is 19.7. The zero-order valence-electron chi connectivity index (χ0n) is 16.5. The van der Waals surface area contributed by atoms with Crippen LogP contribution in [0.15, 0.2) is 5.38 Å². The van der Waals surface area contributed by atoms with E-state index >= 15 is 0 Å². The SMILES string of the molecule is CC(C)(C)c1nc(CN2CCN(CCC(=O)N3CCNCC3)CC2)cs1. The number of nitrogens with one attached hydrogen (secondary N) is 1. The third kappa shape index (κ3) is 5.49. The first-order valence-electron chi connectivity index (χ1n) is 9.80. The monoisotopic (exact) mass is 379 g/mol. The van der Waals surface area contributed by atoms with E-state index in [1.165, 1.54) is 10.7 Å². The molecule has 0 radical (unpaired) electrons. The number of carbonyl (C=O) groups is 1. The molecule has 1 amide bonds. The first-order valence-corrected chi connectivity index (χ1v) is 10.7. The lowest BCUT2D eigenvalue weighted by molar-refractivity contribution is -0.132. The van der Waals surface area contributed by atoms with Crippen LogP contribution >= 0.6 is 11.3 Å². The molecule has 0 aromatic carbocycles. The molecular formula is C19H33N5OS. The molecule has 6 nitrogen and oxygen atoms in total. The minimum Gasteiger partial charge on any atom is -0.340 e. The number of amides is 1. The molecule has 2 aliphatic rings. The van der Waals surface area contributed by atoms with Crippen LogP contribution in [-0.2, 0) is 16.8 Å². The van der Waals surface area contributed by atoms with Gasteiger partial charge >= 0.3 is 0 Å². The molecule has 2 fully saturated rings. The van der Waals surface area contributed by atoms with Crippen LogP contribution in [0.25, 0.3) is 0 Å². The molecule has 1 aromatic rings. The minimum atomic E-state index is 0.137. The van der Waals surface area contributed by atoms with E-state index in [4.69, 9.17) is 4.98 Å². The van der Waals surface area contributed by atoms with E-state index in [1.807, 2.05) is 4.90 Å². The average Bonchev–Trinajstić information content (AvgIpc) is 3.10. The van der Waals surface area contributed by atoms with E-state index in [9.17, 15) is 4.79 Å². The Morgan fingerprint density at radius 1 is 1.12 bits per heavy atom. The fourth-order valence-electron chi connectivity index (χ4n) is 3.45. The van der Waals surface area contributed by atoms with Crippen molar-refractivity contribution in [3.63, 3.8) is 0 Å². The van der Waals surface area contributed by atoms with Crippen LogP contribution in [-0.4, -0.2) is 84.5 Å². The minimum absolute atomic E-state index is 0.137. The van der Waals surface area contributed by atoms with Crippen molar-refractivity contribution in [2.45, 2.75) is 39.2 Å². The third-order valence-electron chi connectivity index (χ3n) is 5.16. The maximum Gasteiger partial charge on any atom is 0.223 e. The Bertz CT molecular complexity index is 583. The van der Waals surface area contributed by atoms with Gasteiger partial charge in [0.15, 0.2) is 0 Å². The first-order chi connectivity index (χ1) is 12.4. The van der Waals surface area contributed by atoms with E-state index in [0.29, 0.717) is 12.3 Å². The summed E-state index contributed by atoms with van der Waals surface area (Å²) in [7, 11) is 0. The molecule has 1 N–H and O–H groups in total. The lowest BCUT2D eigenvalue weighted by atomic mass is 9.98. The average molecular weight is 380 g/mol. The van der Waals surface area contributed by atoms with Crippen molar-refractivity contribution < 1.29 is 4.79 Å². The van der Waals surface area contributed by atoms with Crippen LogP contribution in [0.5, 0.6) is 0 Å². The second-order valence-electron chi connectivity index (χ2n) is 8.39. The summed E-state index contributed by atoms with van der Waals surface area (Å²) in [6.07, 6.45) is 0.654. The number of nitrogens with zero attached hydrogens (tertiary/aromatic N) is 4. The molecule has 0 spiro atoms. The smallest absolute Gasteiger partial charge is 0.223 e. The predicted octanol–water partition coefficient (Wildman–Crippen LogP) is 1.38. The second-order valence-corrected chi connectivity index (χ2v) is 9.25. The van der Waals surface area contributed by atoms with Crippen LogP contribution < -0.4 is 5.32 Å². The number of aromatic nitrogens is 1. The van der Waals surface area contributed by atoms with Gasteiger partial charge in [-0.1, -0.05) is 20.8 Å². The summed E-state index contributed by atoms with van der Waals surface area (Å²) in [6, 6.07) is 0. The van der Waals surface area contributed by atoms with E-state index in [-0.39, 0.29) is 5.41 Å². The Hall–Kier alpha value is -1.02. The van der Waals surface area contributed by atoms with Gasteiger partial charge in [-0.05, 0) is 0 Å². The molecule has 0 saturated carbocycles. The highest BCUT2D eigenvalue weighted by Crippen LogP contribution is 2.26. The molecule has 2 aliphatic heterocycles. The molecule has 0 bridgehead atoms. The summed E-state index contributed by atoms with van der Waals surface area (Å²) >= 11 is 1.78. The largest absolute Gasteiger partial charge is 0.340 e. The number of piperazine rings is 2. The third-order valence-corrected chi connectivity index (χ3v) is 6.47. The lowest BCUT2D eigenvalue weighted by Crippen LogP contribution is -2.49. The summed E-state index contributed by atoms with van der Waals surface area (Å²) in [6.45, 7) is 16.3. The Kier molecular flexibility index (Phi) is 6.66. The van der Waals surface area contributed by atoms with Crippen molar-refractivity contribution in [1.29, 1.82) is 0 Å². The Morgan fingerprint density at radius 2 is 1.77 bits per heavy atom. The van der Waals surface area contributed by atoms with Gasteiger partial charge in [0, 0.05) is 82.7 Å². The van der Waals surface area contributed by atoms with Gasteiger partial charge in [-0.3, -0.25) is 9.69 Å². The van der Waals surface area contributed by atoms with Gasteiger partial charge < -0.3 is 15.1 Å². The fourth-order valence-corrected chi connectivity index (χ4v) is 4.35. The van der Waals surface area contributed by atoms with Crippen LogP contribution in [0.4, 0.5) is 0 Å². The topological polar surface area (TPSA) is 51.7 Å². The van der Waals surface area contributed by atoms with Gasteiger partial charge in [0.05, 0.1) is 10.7 Å². The van der Waals surface area contributed by atoms with Gasteiger partial charge in [-0.15, -0.1) is 11.3 Å². The predicted molar refractivity (Wildman–Crippen MR) is 107 cm³/mol. The van der Waals surface area contributed by atoms with Crippen LogP contribution in [0.2, 0.25) is 0 Å². The highest BCUT2D eigenvalue weighted by atomic mass is 32.1. The lowest BCUT2D eigenvalue weighted by Gasteiger charge is -2.35. The van der Waals surface area contributed by atoms with Crippen LogP contribution in [0.3, 0.4) is 0 Å². The zero-order valence-corrected chi connectivity index (χ0v) is 17.3. The van der Waals surface area contributed by atoms with Crippen LogP contribution in [0, 0.1) is 0 Å². The van der Waals surface area contributed by atoms with E-state index in [1.54, 1.807) is 11.3 Å². The Balaban J connectivity index is 1.37. The number of hydrogen-bond acceptors (Lipinski definition) is 6. The van der Waals surface area contributed by atoms with Gasteiger partial charge in [0.2, 0.25) is 5.91 Å². The normalized spacial score (nSPS) is 20.5. The summed E-state index contributed by atoms with van der Waals surface area (Å²) in [5.41, 5.74) is 1.33. The van der Waals surface area contributed by atoms with E-state index in [2.05, 4.69) is 41.3 Å². The number of hydrogen-bond donors (Lipinski definition) is 1. The van der Waals surface area contributed by atoms with Crippen molar-refractivity contribution in [3.05, 3.63) is 16.1 Å². The molecular weight excluding hydrogens is 346 g/mol. The van der Waals surface area contributed by atoms with Crippen LogP contribution in [0.1, 0.15) is 37.9 Å². The molecule has 0 atom stereocenters. The molecule has 7 heteroatoms. The fraction of sp³-hybridized carbons (Fsp3) is 0.789. The second kappa shape index (κ2) is 8.78. The summed E-state index contributed by atoms with van der Waals surface area (Å²) < 4.78 is 0. The van der Waals surface area contributed by atoms with Gasteiger partial charge in [0.1, 0.15) is 0 Å². The van der Waals surface area contributed by atoms with Gasteiger partial charge in [0.25, 0.3) is 0 Å². The Morgan fingerprint density at radius 3 is 2.38 bits per heavy atom. The molecule has 3 heterocycles. The molecule has 3 rings (SSSR count). The summed E-state index contributed by atoms with van der Waals surface area (Å²) in [4.78, 5) is 24.0. The van der Waals surface area contributed by atoms with Crippen molar-refractivity contribution in [2.24, 2.45) is 0 Å². The Labute approximate surface area is 161 Å². The molecule has 0 aliphatic carbocycles. The standard InChI is InChI=1S/C19H33N5OS/c1-19(2,3)18-21-16(15-26-18)14-23-12-10-22(11-13-23)7-4-17(25)24-8-5-20-6-9-24/h15,20H,4-14H2,1-3H3. The van der Waals surface area contributed by atoms with Crippen molar-refractivity contribution in [3.8, 4) is 0 Å². The highest BCUT2D eigenvalue weighted by Gasteiger charge is 2.22. The highest BCUT2D eigenvalue weighted by molar-refractivity contribution is 7.09. The van der Waals surface area contributed by atoms with Crippen molar-refractivity contribution in [2.75, 3.05) is 58.9 Å². The maximum atomic E-state index is 12.3. The van der Waals surface area contributed by atoms with Crippen molar-refractivity contribution >= 4 is 17.2 Å². The summed E-state index contributed by atoms with van der Waals surface area (Å²) in [5.74, 6) is 0.311. The maximum absolute atomic E-state index is 12.3. The molecule has 26 heavy (non-hydrogen) atoms. The molecule has 1 aromatic heterocycles.